The van der Waals surface area contributed by atoms with E-state index in [1.54, 1.807) is 6.08 Å². The highest BCUT2D eigenvalue weighted by atomic mass is 16.5. The van der Waals surface area contributed by atoms with Crippen LogP contribution in [-0.4, -0.2) is 30.4 Å². The number of allylic oxidation sites excluding steroid dienone is 4. The number of cyclic esters (lactones) is 1. The first-order chi connectivity index (χ1) is 16.6. The predicted octanol–water partition coefficient (Wildman–Crippen LogP) is 5.74. The second-order valence-electron chi connectivity index (χ2n) is 12.3. The zero-order chi connectivity index (χ0) is 25.1. The first kappa shape index (κ1) is 24.5. The van der Waals surface area contributed by atoms with Crippen molar-refractivity contribution >= 4 is 17.7 Å². The van der Waals surface area contributed by atoms with Crippen LogP contribution in [0.25, 0.3) is 0 Å². The Bertz CT molecular complexity index is 1030. The standard InChI is InChI=1S/C30H40O5/c1-17-14-27(35-28(33)18(17)2)19(3)24-8-9-26-23-7-6-21-15-22(32)10-12-29(21,5)25(23)11-13-30(24,26)16-34-20(4)31/h10,12,15,19,23-27H,6-9,11,13-14,16H2,1-5H3/t19-,23?,24+,25?,26?,27?,29-,30-/m0/s1. The zero-order valence-electron chi connectivity index (χ0n) is 21.9. The van der Waals surface area contributed by atoms with Crippen molar-refractivity contribution < 1.29 is 23.9 Å². The Kier molecular flexibility index (Phi) is 6.12. The number of hydrogen-bond donors (Lipinski definition) is 0. The highest BCUT2D eigenvalue weighted by Crippen LogP contribution is 2.67. The summed E-state index contributed by atoms with van der Waals surface area (Å²) >= 11 is 0. The van der Waals surface area contributed by atoms with Crippen LogP contribution in [0.3, 0.4) is 0 Å². The first-order valence-corrected chi connectivity index (χ1v) is 13.5. The summed E-state index contributed by atoms with van der Waals surface area (Å²) in [4.78, 5) is 36.6. The average Bonchev–Trinajstić information content (AvgIpc) is 3.20. The minimum absolute atomic E-state index is 0.0492. The van der Waals surface area contributed by atoms with Crippen molar-refractivity contribution in [2.45, 2.75) is 85.7 Å². The summed E-state index contributed by atoms with van der Waals surface area (Å²) in [6, 6.07) is 0. The molecule has 8 atom stereocenters. The summed E-state index contributed by atoms with van der Waals surface area (Å²) in [5, 5.41) is 0. The van der Waals surface area contributed by atoms with E-state index in [9.17, 15) is 14.4 Å². The van der Waals surface area contributed by atoms with Crippen LogP contribution in [-0.2, 0) is 23.9 Å². The smallest absolute Gasteiger partial charge is 0.333 e. The third-order valence-corrected chi connectivity index (χ3v) is 10.8. The van der Waals surface area contributed by atoms with Gasteiger partial charge in [0.15, 0.2) is 5.78 Å². The van der Waals surface area contributed by atoms with Gasteiger partial charge in [-0.3, -0.25) is 9.59 Å². The summed E-state index contributed by atoms with van der Waals surface area (Å²) in [6.45, 7) is 10.4. The van der Waals surface area contributed by atoms with Gasteiger partial charge in [-0.25, -0.2) is 4.79 Å². The minimum Gasteiger partial charge on any atom is -0.465 e. The van der Waals surface area contributed by atoms with Gasteiger partial charge in [0, 0.05) is 29.7 Å². The van der Waals surface area contributed by atoms with Crippen LogP contribution in [0.5, 0.6) is 0 Å². The molecule has 3 fully saturated rings. The van der Waals surface area contributed by atoms with Crippen molar-refractivity contribution in [1.82, 2.24) is 0 Å². The van der Waals surface area contributed by atoms with Crippen molar-refractivity contribution in [3.05, 3.63) is 34.9 Å². The van der Waals surface area contributed by atoms with E-state index >= 15 is 0 Å². The Balaban J connectivity index is 1.45. The van der Waals surface area contributed by atoms with Gasteiger partial charge in [0.1, 0.15) is 6.10 Å². The second-order valence-corrected chi connectivity index (χ2v) is 12.3. The highest BCUT2D eigenvalue weighted by molar-refractivity contribution is 6.01. The van der Waals surface area contributed by atoms with Crippen molar-refractivity contribution in [2.75, 3.05) is 6.61 Å². The number of hydrogen-bond acceptors (Lipinski definition) is 5. The SMILES string of the molecule is CC(=O)OC[C@]12CCC3C(CCC4=CC(=O)C=C[C@@]43C)C1CC[C@@H]2[C@H](C)C1CC(C)=C(C)C(=O)O1. The molecule has 0 bridgehead atoms. The maximum atomic E-state index is 12.5. The molecule has 0 saturated heterocycles. The second kappa shape index (κ2) is 8.74. The van der Waals surface area contributed by atoms with E-state index < -0.39 is 0 Å². The summed E-state index contributed by atoms with van der Waals surface area (Å²) in [5.41, 5.74) is 3.05. The van der Waals surface area contributed by atoms with Crippen LogP contribution in [0.1, 0.15) is 79.6 Å². The van der Waals surface area contributed by atoms with Gasteiger partial charge in [-0.15, -0.1) is 0 Å². The molecule has 0 aromatic heterocycles. The molecule has 0 aromatic rings. The molecule has 0 N–H and O–H groups in total. The van der Waals surface area contributed by atoms with Crippen LogP contribution >= 0.6 is 0 Å². The van der Waals surface area contributed by atoms with Gasteiger partial charge in [0.05, 0.1) is 6.61 Å². The zero-order valence-corrected chi connectivity index (χ0v) is 21.9. The molecule has 190 valence electrons. The summed E-state index contributed by atoms with van der Waals surface area (Å²) in [6.07, 6.45) is 12.9. The van der Waals surface area contributed by atoms with Crippen LogP contribution in [0.15, 0.2) is 34.9 Å². The first-order valence-electron chi connectivity index (χ1n) is 13.5. The minimum atomic E-state index is -0.216. The van der Waals surface area contributed by atoms with Gasteiger partial charge in [0.2, 0.25) is 0 Å². The third kappa shape index (κ3) is 3.84. The van der Waals surface area contributed by atoms with Gasteiger partial charge in [-0.1, -0.05) is 31.1 Å². The summed E-state index contributed by atoms with van der Waals surface area (Å²) in [5.74, 6) is 1.82. The molecule has 0 spiro atoms. The molecule has 0 amide bonds. The molecule has 5 nitrogen and oxygen atoms in total. The lowest BCUT2D eigenvalue weighted by Crippen LogP contribution is -2.53. The van der Waals surface area contributed by atoms with Gasteiger partial charge >= 0.3 is 11.9 Å². The molecule has 1 heterocycles. The highest BCUT2D eigenvalue weighted by Gasteiger charge is 2.62. The van der Waals surface area contributed by atoms with Gasteiger partial charge in [0.25, 0.3) is 0 Å². The van der Waals surface area contributed by atoms with E-state index in [0.717, 1.165) is 56.1 Å². The molecule has 35 heavy (non-hydrogen) atoms. The Morgan fingerprint density at radius 2 is 1.94 bits per heavy atom. The predicted molar refractivity (Wildman–Crippen MR) is 133 cm³/mol. The molecule has 3 saturated carbocycles. The lowest BCUT2D eigenvalue weighted by molar-refractivity contribution is -0.159. The molecule has 5 rings (SSSR count). The molecule has 4 unspecified atom stereocenters. The fourth-order valence-corrected chi connectivity index (χ4v) is 8.81. The fraction of sp³-hybridized carbons (Fsp3) is 0.700. The van der Waals surface area contributed by atoms with E-state index in [-0.39, 0.29) is 40.6 Å². The molecule has 0 radical (unpaired) electrons. The van der Waals surface area contributed by atoms with E-state index in [2.05, 4.69) is 19.9 Å². The molecular weight excluding hydrogens is 440 g/mol. The topological polar surface area (TPSA) is 69.7 Å². The number of esters is 2. The van der Waals surface area contributed by atoms with Crippen LogP contribution < -0.4 is 0 Å². The molecular formula is C30H40O5. The third-order valence-electron chi connectivity index (χ3n) is 10.8. The maximum Gasteiger partial charge on any atom is 0.333 e. The Morgan fingerprint density at radius 3 is 2.66 bits per heavy atom. The van der Waals surface area contributed by atoms with Crippen LogP contribution in [0.2, 0.25) is 0 Å². The number of rotatable bonds is 4. The quantitative estimate of drug-likeness (QED) is 0.480. The molecule has 4 aliphatic carbocycles. The molecule has 1 aliphatic heterocycles. The Hall–Kier alpha value is -2.17. The van der Waals surface area contributed by atoms with Gasteiger partial charge < -0.3 is 9.47 Å². The molecule has 0 aromatic carbocycles. The van der Waals surface area contributed by atoms with E-state index in [1.165, 1.54) is 12.5 Å². The van der Waals surface area contributed by atoms with Crippen molar-refractivity contribution in [2.24, 2.45) is 40.4 Å². The van der Waals surface area contributed by atoms with E-state index in [1.807, 2.05) is 19.9 Å². The van der Waals surface area contributed by atoms with E-state index in [4.69, 9.17) is 9.47 Å². The van der Waals surface area contributed by atoms with Crippen LogP contribution in [0, 0.1) is 40.4 Å². The van der Waals surface area contributed by atoms with E-state index in [0.29, 0.717) is 30.3 Å². The number of fused-ring (bicyclic) bond motifs is 5. The number of carbonyl (C=O) groups excluding carboxylic acids is 3. The lowest BCUT2D eigenvalue weighted by Gasteiger charge is -2.58. The number of carbonyl (C=O) groups is 3. The normalized spacial score (nSPS) is 41.4. The van der Waals surface area contributed by atoms with Gasteiger partial charge in [-0.05, 0) is 94.1 Å². The maximum absolute atomic E-state index is 12.5. The number of ketones is 1. The average molecular weight is 481 g/mol. The van der Waals surface area contributed by atoms with Crippen LogP contribution in [0.4, 0.5) is 0 Å². The number of ether oxygens (including phenoxy) is 2. The van der Waals surface area contributed by atoms with Crippen molar-refractivity contribution in [1.29, 1.82) is 0 Å². The summed E-state index contributed by atoms with van der Waals surface area (Å²) in [7, 11) is 0. The van der Waals surface area contributed by atoms with Gasteiger partial charge in [-0.2, -0.15) is 0 Å². The van der Waals surface area contributed by atoms with Crippen molar-refractivity contribution in [3.63, 3.8) is 0 Å². The Labute approximate surface area is 209 Å². The fourth-order valence-electron chi connectivity index (χ4n) is 8.81. The molecule has 5 aliphatic rings. The Morgan fingerprint density at radius 1 is 1.17 bits per heavy atom. The molecule has 5 heteroatoms. The van der Waals surface area contributed by atoms with Crippen molar-refractivity contribution in [3.8, 4) is 0 Å². The monoisotopic (exact) mass is 480 g/mol. The summed E-state index contributed by atoms with van der Waals surface area (Å²) < 4.78 is 11.8. The largest absolute Gasteiger partial charge is 0.465 e. The lowest BCUT2D eigenvalue weighted by atomic mass is 9.47.